The number of ether oxygens (including phenoxy) is 1. The number of phenols is 1. The first kappa shape index (κ1) is 23.6. The summed E-state index contributed by atoms with van der Waals surface area (Å²) in [5.74, 6) is -1.70. The Morgan fingerprint density at radius 2 is 1.80 bits per heavy atom. The minimum Gasteiger partial charge on any atom is -0.504 e. The van der Waals surface area contributed by atoms with Crippen LogP contribution in [0.2, 0.25) is 0 Å². The number of methoxy groups -OCH3 is 1. The Morgan fingerprint density at radius 3 is 2.46 bits per heavy atom. The fraction of sp³-hybridized carbons (Fsp3) is 0.440. The molecule has 1 aromatic carbocycles. The second-order valence-electron chi connectivity index (χ2n) is 9.76. The van der Waals surface area contributed by atoms with Gasteiger partial charge < -0.3 is 9.84 Å². The number of nitrogens with zero attached hydrogens (tertiary/aromatic N) is 3. The summed E-state index contributed by atoms with van der Waals surface area (Å²) in [5.41, 5.74) is -0.166. The molecule has 0 bridgehead atoms. The van der Waals surface area contributed by atoms with Gasteiger partial charge in [0.15, 0.2) is 23.1 Å². The smallest absolute Gasteiger partial charge is 0.347 e. The molecule has 1 N–H and O–H groups in total. The molecule has 0 unspecified atom stereocenters. The van der Waals surface area contributed by atoms with Crippen LogP contribution >= 0.6 is 15.9 Å². The average molecular weight is 544 g/mol. The minimum absolute atomic E-state index is 0.130. The summed E-state index contributed by atoms with van der Waals surface area (Å²) < 4.78 is 9.81. The van der Waals surface area contributed by atoms with E-state index in [4.69, 9.17) is 4.74 Å². The van der Waals surface area contributed by atoms with Crippen molar-refractivity contribution in [2.45, 2.75) is 45.7 Å². The van der Waals surface area contributed by atoms with Crippen LogP contribution in [0.5, 0.6) is 11.5 Å². The predicted octanol–water partition coefficient (Wildman–Crippen LogP) is 2.60. The Labute approximate surface area is 209 Å². The number of Topliss-reactive ketones (excluding diaryl/α,β-unsaturated/α-hetero) is 2. The van der Waals surface area contributed by atoms with E-state index in [0.29, 0.717) is 21.2 Å². The van der Waals surface area contributed by atoms with Crippen LogP contribution in [-0.2, 0) is 23.2 Å². The van der Waals surface area contributed by atoms with Crippen molar-refractivity contribution in [2.24, 2.45) is 18.4 Å². The number of hydrogen-bond acceptors (Lipinski definition) is 6. The summed E-state index contributed by atoms with van der Waals surface area (Å²) in [6, 6.07) is 2.72. The number of aromatic nitrogens is 3. The van der Waals surface area contributed by atoms with Gasteiger partial charge in [-0.15, -0.1) is 0 Å². The quantitative estimate of drug-likeness (QED) is 0.582. The van der Waals surface area contributed by atoms with Crippen LogP contribution in [0, 0.1) is 11.3 Å². The number of fused-ring (bicyclic) bond motifs is 4. The van der Waals surface area contributed by atoms with Crippen molar-refractivity contribution in [2.75, 3.05) is 7.11 Å². The van der Waals surface area contributed by atoms with Gasteiger partial charge in [0.25, 0.3) is 0 Å². The van der Waals surface area contributed by atoms with Gasteiger partial charge in [-0.1, -0.05) is 28.9 Å². The first-order chi connectivity index (χ1) is 16.4. The number of carbonyl (C=O) groups excluding carboxylic acids is 2. The first-order valence-electron chi connectivity index (χ1n) is 11.4. The highest BCUT2D eigenvalue weighted by Gasteiger charge is 2.61. The topological polar surface area (TPSA) is 113 Å². The fourth-order valence-electron chi connectivity index (χ4n) is 6.26. The zero-order chi connectivity index (χ0) is 25.6. The van der Waals surface area contributed by atoms with Crippen LogP contribution in [0.4, 0.5) is 0 Å². The molecule has 9 nitrogen and oxygen atoms in total. The molecule has 2 aliphatic carbocycles. The summed E-state index contributed by atoms with van der Waals surface area (Å²) in [4.78, 5) is 53.3. The highest BCUT2D eigenvalue weighted by Crippen LogP contribution is 2.62. The molecular formula is C25H26BrN3O6. The summed E-state index contributed by atoms with van der Waals surface area (Å²) in [7, 11) is 2.86. The Kier molecular flexibility index (Phi) is 5.18. The van der Waals surface area contributed by atoms with Crippen molar-refractivity contribution in [3.05, 3.63) is 65.9 Å². The number of allylic oxidation sites excluding steroid dienone is 4. The number of aromatic hydroxyl groups is 1. The van der Waals surface area contributed by atoms with Gasteiger partial charge in [0.05, 0.1) is 25.1 Å². The van der Waals surface area contributed by atoms with E-state index in [9.17, 15) is 24.3 Å². The number of hydrogen-bond donors (Lipinski definition) is 1. The van der Waals surface area contributed by atoms with Crippen molar-refractivity contribution in [1.82, 2.24) is 13.9 Å². The molecular weight excluding hydrogens is 518 g/mol. The second kappa shape index (κ2) is 7.68. The normalized spacial score (nSPS) is 27.8. The van der Waals surface area contributed by atoms with Crippen LogP contribution in [0.3, 0.4) is 0 Å². The molecule has 184 valence electrons. The Balaban J connectivity index is 1.85. The lowest BCUT2D eigenvalue weighted by Crippen LogP contribution is -2.55. The van der Waals surface area contributed by atoms with Crippen LogP contribution in [0.1, 0.15) is 44.7 Å². The van der Waals surface area contributed by atoms with E-state index in [1.807, 2.05) is 6.08 Å². The fourth-order valence-corrected chi connectivity index (χ4v) is 6.72. The molecule has 2 aromatic rings. The van der Waals surface area contributed by atoms with Gasteiger partial charge in [-0.25, -0.2) is 23.5 Å². The lowest BCUT2D eigenvalue weighted by Gasteiger charge is -2.53. The molecule has 3 aliphatic rings. The maximum Gasteiger partial charge on any atom is 0.347 e. The van der Waals surface area contributed by atoms with E-state index >= 15 is 0 Å². The number of benzene rings is 1. The van der Waals surface area contributed by atoms with Gasteiger partial charge in [-0.2, -0.15) is 0 Å². The Bertz CT molecular complexity index is 1510. The van der Waals surface area contributed by atoms with Gasteiger partial charge in [-0.3, -0.25) is 9.59 Å². The van der Waals surface area contributed by atoms with Crippen molar-refractivity contribution < 1.29 is 19.4 Å². The maximum absolute atomic E-state index is 13.9. The van der Waals surface area contributed by atoms with Crippen molar-refractivity contribution in [3.8, 4) is 11.5 Å². The largest absolute Gasteiger partial charge is 0.504 e. The van der Waals surface area contributed by atoms with Crippen molar-refractivity contribution >= 4 is 27.5 Å². The molecule has 4 atom stereocenters. The van der Waals surface area contributed by atoms with Crippen molar-refractivity contribution in [1.29, 1.82) is 0 Å². The van der Waals surface area contributed by atoms with Gasteiger partial charge in [0.1, 0.15) is 0 Å². The average Bonchev–Trinajstić information content (AvgIpc) is 3.06. The number of carbonyl (C=O) groups is 2. The van der Waals surface area contributed by atoms with E-state index < -0.39 is 34.7 Å². The molecule has 0 radical (unpaired) electrons. The summed E-state index contributed by atoms with van der Waals surface area (Å²) >= 11 is 3.47. The highest BCUT2D eigenvalue weighted by atomic mass is 79.9. The second-order valence-corrected chi connectivity index (χ2v) is 10.7. The van der Waals surface area contributed by atoms with Gasteiger partial charge >= 0.3 is 11.4 Å². The van der Waals surface area contributed by atoms with Crippen LogP contribution in [-0.4, -0.2) is 37.7 Å². The zero-order valence-corrected chi connectivity index (χ0v) is 21.7. The molecule has 1 saturated carbocycles. The van der Waals surface area contributed by atoms with E-state index in [-0.39, 0.29) is 36.0 Å². The standard InChI is InChI=1S/C25H26BrN3O6/c1-11-12(2)22(32)25(3)16(20(11)30)10-17-14(6-7-28-23(33)27(4)24(34)29(17)28)19(25)15-8-13(26)9-18(35-5)21(15)31/h6,8-9,16-17,19,31H,7,10H2,1-5H3/t16-,17+,19+,25+/m0/s1. The molecule has 10 heteroatoms. The minimum atomic E-state index is -1.20. The van der Waals surface area contributed by atoms with Crippen LogP contribution in [0.25, 0.3) is 0 Å². The maximum atomic E-state index is 13.9. The molecule has 0 saturated heterocycles. The third-order valence-electron chi connectivity index (χ3n) is 8.23. The van der Waals surface area contributed by atoms with E-state index in [0.717, 1.165) is 10.1 Å². The predicted molar refractivity (Wildman–Crippen MR) is 131 cm³/mol. The van der Waals surface area contributed by atoms with Crippen LogP contribution < -0.4 is 16.1 Å². The first-order valence-corrected chi connectivity index (χ1v) is 12.2. The lowest BCUT2D eigenvalue weighted by atomic mass is 9.50. The van der Waals surface area contributed by atoms with Gasteiger partial charge in [0, 0.05) is 28.9 Å². The number of ketones is 2. The summed E-state index contributed by atoms with van der Waals surface area (Å²) in [5, 5.41) is 11.2. The molecule has 0 spiro atoms. The van der Waals surface area contributed by atoms with Gasteiger partial charge in [-0.05, 0) is 49.1 Å². The number of rotatable bonds is 2. The third-order valence-corrected chi connectivity index (χ3v) is 8.68. The zero-order valence-electron chi connectivity index (χ0n) is 20.1. The third kappa shape index (κ3) is 2.92. The monoisotopic (exact) mass is 543 g/mol. The Hall–Kier alpha value is -3.14. The summed E-state index contributed by atoms with van der Waals surface area (Å²) in [6.45, 7) is 5.23. The number of halogens is 1. The SMILES string of the molecule is COc1cc(Br)cc([C@H]2C3=CCn4c(=O)n(C)c(=O)n4[C@@H]3C[C@H]3C(=O)C(C)=C(C)C(=O)[C@@]23C)c1O. The van der Waals surface area contributed by atoms with Gasteiger partial charge in [0.2, 0.25) is 0 Å². The molecule has 35 heavy (non-hydrogen) atoms. The molecule has 1 aromatic heterocycles. The van der Waals surface area contributed by atoms with E-state index in [2.05, 4.69) is 15.9 Å². The molecule has 5 rings (SSSR count). The molecule has 0 amide bonds. The highest BCUT2D eigenvalue weighted by molar-refractivity contribution is 9.10. The van der Waals surface area contributed by atoms with E-state index in [1.165, 1.54) is 23.5 Å². The lowest BCUT2D eigenvalue weighted by molar-refractivity contribution is -0.140. The molecule has 1 fully saturated rings. The van der Waals surface area contributed by atoms with E-state index in [1.54, 1.807) is 32.9 Å². The molecule has 2 heterocycles. The summed E-state index contributed by atoms with van der Waals surface area (Å²) in [6.07, 6.45) is 2.05. The molecule has 1 aliphatic heterocycles. The van der Waals surface area contributed by atoms with Crippen molar-refractivity contribution in [3.63, 3.8) is 0 Å². The van der Waals surface area contributed by atoms with Crippen LogP contribution in [0.15, 0.2) is 49.0 Å². The number of phenolic OH excluding ortho intramolecular Hbond substituents is 1. The Morgan fingerprint density at radius 1 is 1.11 bits per heavy atom.